The van der Waals surface area contributed by atoms with E-state index in [1.165, 1.54) is 0 Å². The molecular weight excluding hydrogens is 428 g/mol. The molecule has 3 atom stereocenters. The van der Waals surface area contributed by atoms with Gasteiger partial charge in [-0.3, -0.25) is 15.1 Å². The maximum absolute atomic E-state index is 12.5. The third-order valence-corrected chi connectivity index (χ3v) is 6.04. The molecule has 1 heterocycles. The van der Waals surface area contributed by atoms with Crippen LogP contribution in [0, 0.1) is 0 Å². The van der Waals surface area contributed by atoms with Crippen LogP contribution in [0.5, 0.6) is 5.75 Å². The molecule has 184 valence electrons. The molecule has 0 spiro atoms. The molecule has 0 saturated heterocycles. The fourth-order valence-electron chi connectivity index (χ4n) is 3.97. The fraction of sp³-hybridized carbons (Fsp3) is 0.464. The van der Waals surface area contributed by atoms with Crippen LogP contribution in [-0.2, 0) is 31.6 Å². The number of phenols is 1. The molecular formula is C28H38N2O4. The molecule has 2 aromatic carbocycles. The molecule has 0 aromatic heterocycles. The predicted octanol–water partition coefficient (Wildman–Crippen LogP) is 4.73. The van der Waals surface area contributed by atoms with Gasteiger partial charge in [-0.1, -0.05) is 71.9 Å². The lowest BCUT2D eigenvalue weighted by Crippen LogP contribution is -2.39. The van der Waals surface area contributed by atoms with Gasteiger partial charge in [0.2, 0.25) is 0 Å². The van der Waals surface area contributed by atoms with E-state index in [2.05, 4.69) is 47.0 Å². The van der Waals surface area contributed by atoms with E-state index in [0.717, 1.165) is 28.0 Å². The molecule has 0 bridgehead atoms. The zero-order valence-electron chi connectivity index (χ0n) is 21.3. The van der Waals surface area contributed by atoms with Crippen LogP contribution in [0.15, 0.2) is 48.5 Å². The van der Waals surface area contributed by atoms with Crippen molar-refractivity contribution >= 4 is 11.7 Å². The molecule has 6 nitrogen and oxygen atoms in total. The molecule has 0 saturated carbocycles. The highest BCUT2D eigenvalue weighted by Gasteiger charge is 2.31. The number of benzene rings is 2. The average Bonchev–Trinajstić information content (AvgIpc) is 3.23. The lowest BCUT2D eigenvalue weighted by molar-refractivity contribution is -0.156. The number of carbonyl (C=O) groups is 1. The van der Waals surface area contributed by atoms with Gasteiger partial charge in [-0.2, -0.15) is 0 Å². The minimum Gasteiger partial charge on any atom is -0.507 e. The minimum atomic E-state index is -0.747. The third-order valence-electron chi connectivity index (χ3n) is 6.04. The van der Waals surface area contributed by atoms with E-state index in [9.17, 15) is 9.90 Å². The molecule has 0 aliphatic carbocycles. The van der Waals surface area contributed by atoms with Gasteiger partial charge in [-0.05, 0) is 47.9 Å². The maximum Gasteiger partial charge on any atom is 0.323 e. The number of carbonyl (C=O) groups excluding carboxylic acids is 1. The van der Waals surface area contributed by atoms with Gasteiger partial charge in [0.25, 0.3) is 0 Å². The molecule has 6 heteroatoms. The summed E-state index contributed by atoms with van der Waals surface area (Å²) in [6.07, 6.45) is 1.33. The van der Waals surface area contributed by atoms with Crippen molar-refractivity contribution in [3.05, 3.63) is 70.8 Å². The summed E-state index contributed by atoms with van der Waals surface area (Å²) < 4.78 is 5.61. The third kappa shape index (κ3) is 5.99. The van der Waals surface area contributed by atoms with E-state index in [4.69, 9.17) is 15.3 Å². The monoisotopic (exact) mass is 466 g/mol. The average molecular weight is 467 g/mol. The number of rotatable bonds is 6. The molecule has 0 fully saturated rings. The van der Waals surface area contributed by atoms with Crippen LogP contribution in [0.25, 0.3) is 5.70 Å². The molecule has 2 unspecified atom stereocenters. The smallest absolute Gasteiger partial charge is 0.323 e. The number of hydroxylamine groups is 1. The summed E-state index contributed by atoms with van der Waals surface area (Å²) in [5.74, 6) is -0.133. The van der Waals surface area contributed by atoms with E-state index in [1.54, 1.807) is 6.92 Å². The van der Waals surface area contributed by atoms with E-state index >= 15 is 0 Å². The van der Waals surface area contributed by atoms with Crippen LogP contribution in [-0.4, -0.2) is 29.3 Å². The van der Waals surface area contributed by atoms with Gasteiger partial charge in [0, 0.05) is 16.7 Å². The first-order valence-electron chi connectivity index (χ1n) is 11.8. The maximum atomic E-state index is 12.5. The minimum absolute atomic E-state index is 0.239. The second-order valence-corrected chi connectivity index (χ2v) is 11.1. The molecule has 2 aromatic rings. The summed E-state index contributed by atoms with van der Waals surface area (Å²) in [7, 11) is 0. The second-order valence-electron chi connectivity index (χ2n) is 11.1. The normalized spacial score (nSPS) is 18.1. The Balaban J connectivity index is 1.77. The van der Waals surface area contributed by atoms with Crippen molar-refractivity contribution in [2.45, 2.75) is 84.0 Å². The molecule has 1 aliphatic heterocycles. The molecule has 0 amide bonds. The van der Waals surface area contributed by atoms with E-state index < -0.39 is 24.2 Å². The second kappa shape index (κ2) is 9.80. The SMILES string of the molecule is CC(OC(=O)[C@@H](N)Cc1ccccc1)C1C=C(c2cc(C(C)(C)C)c(O)c(C(C)(C)C)c2)NO1. The number of nitrogens with one attached hydrogen (secondary N) is 1. The van der Waals surface area contributed by atoms with Crippen LogP contribution in [0.3, 0.4) is 0 Å². The molecule has 0 radical (unpaired) electrons. The molecule has 34 heavy (non-hydrogen) atoms. The highest BCUT2D eigenvalue weighted by molar-refractivity contribution is 5.76. The van der Waals surface area contributed by atoms with Crippen LogP contribution < -0.4 is 11.2 Å². The van der Waals surface area contributed by atoms with Gasteiger partial charge in [0.05, 0.1) is 5.70 Å². The van der Waals surface area contributed by atoms with E-state index in [1.807, 2.05) is 48.5 Å². The van der Waals surface area contributed by atoms with Crippen LogP contribution in [0.1, 0.15) is 70.7 Å². The van der Waals surface area contributed by atoms with Gasteiger partial charge in [0.15, 0.2) is 0 Å². The lowest BCUT2D eigenvalue weighted by atomic mass is 9.78. The van der Waals surface area contributed by atoms with Gasteiger partial charge < -0.3 is 15.6 Å². The Morgan fingerprint density at radius 2 is 1.65 bits per heavy atom. The van der Waals surface area contributed by atoms with Gasteiger partial charge >= 0.3 is 5.97 Å². The number of nitrogens with two attached hydrogens (primary N) is 1. The Kier molecular flexibility index (Phi) is 7.44. The van der Waals surface area contributed by atoms with Gasteiger partial charge in [0.1, 0.15) is 24.0 Å². The van der Waals surface area contributed by atoms with Crippen molar-refractivity contribution < 1.29 is 19.5 Å². The van der Waals surface area contributed by atoms with E-state index in [-0.39, 0.29) is 10.8 Å². The Morgan fingerprint density at radius 3 is 2.18 bits per heavy atom. The molecule has 4 N–H and O–H groups in total. The molecule has 3 rings (SSSR count). The summed E-state index contributed by atoms with van der Waals surface area (Å²) in [6.45, 7) is 14.3. The summed E-state index contributed by atoms with van der Waals surface area (Å²) in [5, 5.41) is 11.0. The van der Waals surface area contributed by atoms with Crippen molar-refractivity contribution in [3.63, 3.8) is 0 Å². The first kappa shape index (κ1) is 25.8. The Labute approximate surface area is 203 Å². The Hall–Kier alpha value is -2.83. The predicted molar refractivity (Wildman–Crippen MR) is 135 cm³/mol. The highest BCUT2D eigenvalue weighted by atomic mass is 16.7. The summed E-state index contributed by atoms with van der Waals surface area (Å²) in [6, 6.07) is 12.9. The Morgan fingerprint density at radius 1 is 1.09 bits per heavy atom. The number of ether oxygens (including phenoxy) is 1. The number of hydrogen-bond donors (Lipinski definition) is 3. The van der Waals surface area contributed by atoms with Crippen LogP contribution in [0.2, 0.25) is 0 Å². The standard InChI is InChI=1S/C28H38N2O4/c1-17(33-26(32)22(29)13-18-11-9-8-10-12-18)24-16-23(30-34-24)19-14-20(27(2,3)4)25(31)21(15-19)28(5,6)7/h8-12,14-17,22,24,30-31H,13,29H2,1-7H3/t17?,22-,24?/m0/s1. The zero-order chi connectivity index (χ0) is 25.3. The van der Waals surface area contributed by atoms with E-state index in [0.29, 0.717) is 12.2 Å². The van der Waals surface area contributed by atoms with Crippen LogP contribution >= 0.6 is 0 Å². The van der Waals surface area contributed by atoms with Crippen molar-refractivity contribution in [2.24, 2.45) is 5.73 Å². The summed E-state index contributed by atoms with van der Waals surface area (Å²) in [4.78, 5) is 18.3. The van der Waals surface area contributed by atoms with Crippen molar-refractivity contribution in [3.8, 4) is 5.75 Å². The number of phenolic OH excluding ortho intramolecular Hbond substituents is 1. The number of aromatic hydroxyl groups is 1. The van der Waals surface area contributed by atoms with Gasteiger partial charge in [-0.25, -0.2) is 0 Å². The topological polar surface area (TPSA) is 93.8 Å². The number of hydrogen-bond acceptors (Lipinski definition) is 6. The van der Waals surface area contributed by atoms with Crippen molar-refractivity contribution in [1.29, 1.82) is 0 Å². The highest BCUT2D eigenvalue weighted by Crippen LogP contribution is 2.41. The summed E-state index contributed by atoms with van der Waals surface area (Å²) >= 11 is 0. The van der Waals surface area contributed by atoms with Crippen molar-refractivity contribution in [2.75, 3.05) is 0 Å². The fourth-order valence-corrected chi connectivity index (χ4v) is 3.97. The summed E-state index contributed by atoms with van der Waals surface area (Å²) in [5.41, 5.74) is 13.0. The first-order chi connectivity index (χ1) is 15.8. The zero-order valence-corrected chi connectivity index (χ0v) is 21.3. The number of esters is 1. The largest absolute Gasteiger partial charge is 0.507 e. The Bertz CT molecular complexity index is 1010. The quantitative estimate of drug-likeness (QED) is 0.533. The lowest BCUT2D eigenvalue weighted by Gasteiger charge is -2.28. The van der Waals surface area contributed by atoms with Gasteiger partial charge in [-0.15, -0.1) is 0 Å². The first-order valence-corrected chi connectivity index (χ1v) is 11.8. The molecule has 1 aliphatic rings. The van der Waals surface area contributed by atoms with Crippen molar-refractivity contribution in [1.82, 2.24) is 5.48 Å². The van der Waals surface area contributed by atoms with Crippen LogP contribution in [0.4, 0.5) is 0 Å².